The summed E-state index contributed by atoms with van der Waals surface area (Å²) in [6.07, 6.45) is 4.79. The van der Waals surface area contributed by atoms with Gasteiger partial charge >= 0.3 is 0 Å². The Morgan fingerprint density at radius 3 is 2.41 bits per heavy atom. The molecule has 1 atom stereocenters. The third-order valence-electron chi connectivity index (χ3n) is 3.02. The van der Waals surface area contributed by atoms with E-state index in [4.69, 9.17) is 0 Å². The molecular weight excluding hydrogens is 210 g/mol. The first-order valence-corrected chi connectivity index (χ1v) is 6.74. The Morgan fingerprint density at radius 2 is 1.82 bits per heavy atom. The van der Waals surface area contributed by atoms with Gasteiger partial charge in [0, 0.05) is 0 Å². The predicted octanol–water partition coefficient (Wildman–Crippen LogP) is 3.35. The van der Waals surface area contributed by atoms with Crippen LogP contribution in [-0.2, 0) is 6.42 Å². The second-order valence-electron chi connectivity index (χ2n) is 4.73. The second kappa shape index (κ2) is 8.13. The summed E-state index contributed by atoms with van der Waals surface area (Å²) in [7, 11) is 0. The highest BCUT2D eigenvalue weighted by molar-refractivity contribution is 5.26. The summed E-state index contributed by atoms with van der Waals surface area (Å²) >= 11 is 0. The van der Waals surface area contributed by atoms with Gasteiger partial charge in [-0.2, -0.15) is 0 Å². The molecule has 0 heterocycles. The van der Waals surface area contributed by atoms with Crippen molar-refractivity contribution in [3.05, 3.63) is 29.8 Å². The van der Waals surface area contributed by atoms with Crippen molar-refractivity contribution in [3.63, 3.8) is 0 Å². The molecule has 96 valence electrons. The molecule has 0 bridgehead atoms. The zero-order chi connectivity index (χ0) is 12.5. The Kier molecular flexibility index (Phi) is 6.71. The molecule has 1 aromatic carbocycles. The van der Waals surface area contributed by atoms with E-state index in [2.05, 4.69) is 19.2 Å². The van der Waals surface area contributed by atoms with Crippen molar-refractivity contribution in [2.45, 2.75) is 39.5 Å². The van der Waals surface area contributed by atoms with Crippen LogP contribution in [0.4, 0.5) is 0 Å². The first-order chi connectivity index (χ1) is 8.26. The lowest BCUT2D eigenvalue weighted by atomic mass is 9.95. The average molecular weight is 235 g/mol. The topological polar surface area (TPSA) is 32.3 Å². The minimum Gasteiger partial charge on any atom is -0.508 e. The van der Waals surface area contributed by atoms with E-state index < -0.39 is 0 Å². The lowest BCUT2D eigenvalue weighted by Gasteiger charge is -2.17. The van der Waals surface area contributed by atoms with Gasteiger partial charge in [-0.1, -0.05) is 32.4 Å². The first-order valence-electron chi connectivity index (χ1n) is 6.74. The number of phenols is 1. The predicted molar refractivity (Wildman–Crippen MR) is 73.4 cm³/mol. The fourth-order valence-electron chi connectivity index (χ4n) is 2.13. The fourth-order valence-corrected chi connectivity index (χ4v) is 2.13. The van der Waals surface area contributed by atoms with Crippen LogP contribution < -0.4 is 5.32 Å². The highest BCUT2D eigenvalue weighted by atomic mass is 16.3. The minimum atomic E-state index is 0.352. The number of nitrogens with one attached hydrogen (secondary N) is 1. The summed E-state index contributed by atoms with van der Waals surface area (Å²) in [5, 5.41) is 12.8. The van der Waals surface area contributed by atoms with Crippen molar-refractivity contribution in [2.24, 2.45) is 5.92 Å². The van der Waals surface area contributed by atoms with Crippen LogP contribution in [0.3, 0.4) is 0 Å². The zero-order valence-corrected chi connectivity index (χ0v) is 11.1. The molecule has 1 rings (SSSR count). The molecule has 0 aliphatic heterocycles. The largest absolute Gasteiger partial charge is 0.508 e. The molecule has 17 heavy (non-hydrogen) atoms. The molecule has 2 nitrogen and oxygen atoms in total. The lowest BCUT2D eigenvalue weighted by molar-refractivity contribution is 0.438. The summed E-state index contributed by atoms with van der Waals surface area (Å²) in [5.41, 5.74) is 1.32. The molecule has 0 aliphatic carbocycles. The maximum absolute atomic E-state index is 9.26. The molecule has 2 heteroatoms. The van der Waals surface area contributed by atoms with E-state index in [0.29, 0.717) is 11.7 Å². The molecule has 1 aromatic rings. The van der Waals surface area contributed by atoms with Gasteiger partial charge < -0.3 is 10.4 Å². The monoisotopic (exact) mass is 235 g/mol. The number of hydrogen-bond acceptors (Lipinski definition) is 2. The van der Waals surface area contributed by atoms with Crippen LogP contribution in [0.5, 0.6) is 5.75 Å². The molecule has 0 spiro atoms. The van der Waals surface area contributed by atoms with E-state index in [9.17, 15) is 5.11 Å². The van der Waals surface area contributed by atoms with Gasteiger partial charge in [0.1, 0.15) is 5.75 Å². The van der Waals surface area contributed by atoms with Gasteiger partial charge in [0.2, 0.25) is 0 Å². The minimum absolute atomic E-state index is 0.352. The van der Waals surface area contributed by atoms with Gasteiger partial charge in [0.15, 0.2) is 0 Å². The third kappa shape index (κ3) is 5.73. The Hall–Kier alpha value is -1.02. The number of benzene rings is 1. The van der Waals surface area contributed by atoms with E-state index in [1.54, 1.807) is 12.1 Å². The van der Waals surface area contributed by atoms with E-state index in [1.165, 1.54) is 24.8 Å². The van der Waals surface area contributed by atoms with Crippen LogP contribution in [0.15, 0.2) is 24.3 Å². The van der Waals surface area contributed by atoms with Crippen molar-refractivity contribution in [3.8, 4) is 5.75 Å². The Morgan fingerprint density at radius 1 is 1.12 bits per heavy atom. The summed E-state index contributed by atoms with van der Waals surface area (Å²) in [6.45, 7) is 6.64. The van der Waals surface area contributed by atoms with Crippen molar-refractivity contribution in [1.82, 2.24) is 5.32 Å². The zero-order valence-electron chi connectivity index (χ0n) is 11.1. The first kappa shape index (κ1) is 14.0. The van der Waals surface area contributed by atoms with Crippen LogP contribution >= 0.6 is 0 Å². The standard InChI is InChI=1S/C15H25NO/c1-3-5-14(12-16-10-4-2)11-13-6-8-15(17)9-7-13/h6-9,14,16-17H,3-5,10-12H2,1-2H3. The van der Waals surface area contributed by atoms with Gasteiger partial charge in [-0.05, 0) is 56.0 Å². The van der Waals surface area contributed by atoms with Crippen molar-refractivity contribution in [2.75, 3.05) is 13.1 Å². The highest BCUT2D eigenvalue weighted by Crippen LogP contribution is 2.16. The normalized spacial score (nSPS) is 12.6. The number of phenolic OH excluding ortho intramolecular Hbond substituents is 1. The van der Waals surface area contributed by atoms with Crippen LogP contribution in [0.1, 0.15) is 38.7 Å². The number of hydrogen-bond donors (Lipinski definition) is 2. The molecule has 1 unspecified atom stereocenters. The molecule has 0 saturated heterocycles. The van der Waals surface area contributed by atoms with Gasteiger partial charge in [0.05, 0.1) is 0 Å². The SMILES string of the molecule is CCCNCC(CCC)Cc1ccc(O)cc1. The van der Waals surface area contributed by atoms with Crippen LogP contribution in [0, 0.1) is 5.92 Å². The molecule has 0 fully saturated rings. The van der Waals surface area contributed by atoms with Crippen molar-refractivity contribution >= 4 is 0 Å². The maximum atomic E-state index is 9.26. The lowest BCUT2D eigenvalue weighted by Crippen LogP contribution is -2.24. The van der Waals surface area contributed by atoms with E-state index in [0.717, 1.165) is 19.5 Å². The number of rotatable bonds is 8. The van der Waals surface area contributed by atoms with Gasteiger partial charge in [-0.25, -0.2) is 0 Å². The molecule has 0 saturated carbocycles. The molecule has 0 aromatic heterocycles. The van der Waals surface area contributed by atoms with Gasteiger partial charge in [-0.3, -0.25) is 0 Å². The van der Waals surface area contributed by atoms with Gasteiger partial charge in [0.25, 0.3) is 0 Å². The van der Waals surface area contributed by atoms with Gasteiger partial charge in [-0.15, -0.1) is 0 Å². The molecule has 2 N–H and O–H groups in total. The molecule has 0 aliphatic rings. The summed E-state index contributed by atoms with van der Waals surface area (Å²) in [5.74, 6) is 1.06. The quantitative estimate of drug-likeness (QED) is 0.677. The van der Waals surface area contributed by atoms with Crippen LogP contribution in [-0.4, -0.2) is 18.2 Å². The summed E-state index contributed by atoms with van der Waals surface area (Å²) in [4.78, 5) is 0. The van der Waals surface area contributed by atoms with E-state index in [-0.39, 0.29) is 0 Å². The summed E-state index contributed by atoms with van der Waals surface area (Å²) in [6, 6.07) is 7.60. The molecule has 0 amide bonds. The maximum Gasteiger partial charge on any atom is 0.115 e. The molecular formula is C15H25NO. The van der Waals surface area contributed by atoms with E-state index in [1.807, 2.05) is 12.1 Å². The second-order valence-corrected chi connectivity index (χ2v) is 4.73. The highest BCUT2D eigenvalue weighted by Gasteiger charge is 2.08. The third-order valence-corrected chi connectivity index (χ3v) is 3.02. The van der Waals surface area contributed by atoms with Crippen molar-refractivity contribution < 1.29 is 5.11 Å². The Bertz CT molecular complexity index is 294. The Labute approximate surface area is 105 Å². The summed E-state index contributed by atoms with van der Waals surface area (Å²) < 4.78 is 0. The molecule has 0 radical (unpaired) electrons. The number of aromatic hydroxyl groups is 1. The Balaban J connectivity index is 2.44. The van der Waals surface area contributed by atoms with Crippen LogP contribution in [0.25, 0.3) is 0 Å². The average Bonchev–Trinajstić information content (AvgIpc) is 2.32. The van der Waals surface area contributed by atoms with E-state index >= 15 is 0 Å². The van der Waals surface area contributed by atoms with Crippen LogP contribution in [0.2, 0.25) is 0 Å². The fraction of sp³-hybridized carbons (Fsp3) is 0.600. The van der Waals surface area contributed by atoms with Crippen molar-refractivity contribution in [1.29, 1.82) is 0 Å². The smallest absolute Gasteiger partial charge is 0.115 e.